The minimum Gasteiger partial charge on any atom is -0.505 e. The Morgan fingerprint density at radius 3 is 2.46 bits per heavy atom. The number of hydrogen-bond acceptors (Lipinski definition) is 2. The molecule has 0 radical (unpaired) electrons. The number of benzene rings is 2. The molecule has 2 rings (SSSR count). The summed E-state index contributed by atoms with van der Waals surface area (Å²) >= 11 is 0. The van der Waals surface area contributed by atoms with E-state index in [0.717, 1.165) is 32.2 Å². The Bertz CT molecular complexity index is 688. The SMILES string of the molecule is CCCCCCN(CCc1ccccc1)C(=O)Cc1ccc(O)c(F)c1. The van der Waals surface area contributed by atoms with E-state index in [1.54, 1.807) is 6.07 Å². The minimum atomic E-state index is -0.686. The topological polar surface area (TPSA) is 40.5 Å². The van der Waals surface area contributed by atoms with E-state index in [4.69, 9.17) is 0 Å². The molecule has 140 valence electrons. The van der Waals surface area contributed by atoms with Gasteiger partial charge in [0, 0.05) is 13.1 Å². The van der Waals surface area contributed by atoms with E-state index in [0.29, 0.717) is 12.1 Å². The molecule has 0 aromatic heterocycles. The largest absolute Gasteiger partial charge is 0.505 e. The fourth-order valence-electron chi connectivity index (χ4n) is 2.95. The first-order valence-electron chi connectivity index (χ1n) is 9.39. The van der Waals surface area contributed by atoms with Crippen LogP contribution >= 0.6 is 0 Å². The van der Waals surface area contributed by atoms with Gasteiger partial charge in [-0.1, -0.05) is 62.6 Å². The van der Waals surface area contributed by atoms with Crippen LogP contribution in [0.25, 0.3) is 0 Å². The third kappa shape index (κ3) is 6.51. The first-order valence-corrected chi connectivity index (χ1v) is 9.39. The molecule has 2 aromatic carbocycles. The zero-order valence-electron chi connectivity index (χ0n) is 15.5. The van der Waals surface area contributed by atoms with Crippen molar-refractivity contribution in [2.45, 2.75) is 45.4 Å². The molecule has 0 aliphatic rings. The van der Waals surface area contributed by atoms with Crippen LogP contribution in [0.5, 0.6) is 5.75 Å². The maximum absolute atomic E-state index is 13.5. The summed E-state index contributed by atoms with van der Waals surface area (Å²) in [5.74, 6) is -1.07. The first kappa shape index (κ1) is 20.0. The smallest absolute Gasteiger partial charge is 0.227 e. The van der Waals surface area contributed by atoms with Gasteiger partial charge in [0.15, 0.2) is 11.6 Å². The van der Waals surface area contributed by atoms with Gasteiger partial charge in [0.05, 0.1) is 6.42 Å². The van der Waals surface area contributed by atoms with Crippen LogP contribution in [0.1, 0.15) is 43.7 Å². The molecular formula is C22H28FNO2. The quantitative estimate of drug-likeness (QED) is 0.625. The summed E-state index contributed by atoms with van der Waals surface area (Å²) < 4.78 is 13.5. The highest BCUT2D eigenvalue weighted by atomic mass is 19.1. The van der Waals surface area contributed by atoms with E-state index < -0.39 is 5.82 Å². The van der Waals surface area contributed by atoms with Crippen LogP contribution < -0.4 is 0 Å². The lowest BCUT2D eigenvalue weighted by molar-refractivity contribution is -0.130. The lowest BCUT2D eigenvalue weighted by Gasteiger charge is -2.23. The van der Waals surface area contributed by atoms with Gasteiger partial charge in [0.2, 0.25) is 5.91 Å². The van der Waals surface area contributed by atoms with Gasteiger partial charge in [-0.2, -0.15) is 0 Å². The van der Waals surface area contributed by atoms with Crippen LogP contribution in [0.2, 0.25) is 0 Å². The van der Waals surface area contributed by atoms with Crippen molar-refractivity contribution in [1.29, 1.82) is 0 Å². The van der Waals surface area contributed by atoms with Gasteiger partial charge in [0.25, 0.3) is 0 Å². The van der Waals surface area contributed by atoms with Gasteiger partial charge < -0.3 is 10.0 Å². The molecule has 4 heteroatoms. The zero-order chi connectivity index (χ0) is 18.8. The van der Waals surface area contributed by atoms with E-state index in [1.165, 1.54) is 24.1 Å². The summed E-state index contributed by atoms with van der Waals surface area (Å²) in [6.07, 6.45) is 5.39. The maximum Gasteiger partial charge on any atom is 0.227 e. The molecule has 0 saturated carbocycles. The number of rotatable bonds is 10. The van der Waals surface area contributed by atoms with Crippen molar-refractivity contribution in [3.63, 3.8) is 0 Å². The number of amides is 1. The monoisotopic (exact) mass is 357 g/mol. The molecule has 26 heavy (non-hydrogen) atoms. The maximum atomic E-state index is 13.5. The zero-order valence-corrected chi connectivity index (χ0v) is 15.5. The van der Waals surface area contributed by atoms with Crippen molar-refractivity contribution in [2.75, 3.05) is 13.1 Å². The summed E-state index contributed by atoms with van der Waals surface area (Å²) in [7, 11) is 0. The van der Waals surface area contributed by atoms with Crippen molar-refractivity contribution >= 4 is 5.91 Å². The van der Waals surface area contributed by atoms with E-state index in [-0.39, 0.29) is 18.1 Å². The van der Waals surface area contributed by atoms with Gasteiger partial charge in [0.1, 0.15) is 0 Å². The summed E-state index contributed by atoms with van der Waals surface area (Å²) in [6, 6.07) is 14.3. The Labute approximate surface area is 155 Å². The van der Waals surface area contributed by atoms with Crippen LogP contribution in [0, 0.1) is 5.82 Å². The predicted octanol–water partition coefficient (Wildman–Crippen LogP) is 4.73. The van der Waals surface area contributed by atoms with Gasteiger partial charge in [-0.25, -0.2) is 4.39 Å². The molecule has 1 amide bonds. The molecule has 0 fully saturated rings. The first-order chi connectivity index (χ1) is 12.6. The molecule has 0 unspecified atom stereocenters. The fraction of sp³-hybridized carbons (Fsp3) is 0.409. The second-order valence-corrected chi connectivity index (χ2v) is 6.64. The van der Waals surface area contributed by atoms with E-state index in [1.807, 2.05) is 23.1 Å². The van der Waals surface area contributed by atoms with Gasteiger partial charge in [-0.3, -0.25) is 4.79 Å². The molecule has 1 N–H and O–H groups in total. The Kier molecular flexibility index (Phi) is 8.13. The van der Waals surface area contributed by atoms with Gasteiger partial charge in [-0.05, 0) is 36.1 Å². The average molecular weight is 357 g/mol. The molecule has 0 aliphatic carbocycles. The third-order valence-corrected chi connectivity index (χ3v) is 4.51. The molecule has 0 atom stereocenters. The van der Waals surface area contributed by atoms with Crippen LogP contribution in [-0.2, 0) is 17.6 Å². The van der Waals surface area contributed by atoms with Crippen LogP contribution in [0.15, 0.2) is 48.5 Å². The van der Waals surface area contributed by atoms with Crippen LogP contribution in [0.4, 0.5) is 4.39 Å². The van der Waals surface area contributed by atoms with Crippen LogP contribution in [-0.4, -0.2) is 29.0 Å². The summed E-state index contributed by atoms with van der Waals surface area (Å²) in [4.78, 5) is 14.6. The van der Waals surface area contributed by atoms with E-state index >= 15 is 0 Å². The third-order valence-electron chi connectivity index (χ3n) is 4.51. The van der Waals surface area contributed by atoms with Gasteiger partial charge >= 0.3 is 0 Å². The number of hydrogen-bond donors (Lipinski definition) is 1. The fourth-order valence-corrected chi connectivity index (χ4v) is 2.95. The molecule has 0 bridgehead atoms. The van der Waals surface area contributed by atoms with E-state index in [2.05, 4.69) is 19.1 Å². The Morgan fingerprint density at radius 2 is 1.77 bits per heavy atom. The molecule has 3 nitrogen and oxygen atoms in total. The molecule has 0 spiro atoms. The van der Waals surface area contributed by atoms with Gasteiger partial charge in [-0.15, -0.1) is 0 Å². The molecular weight excluding hydrogens is 329 g/mol. The second kappa shape index (κ2) is 10.6. The lowest BCUT2D eigenvalue weighted by atomic mass is 10.1. The molecule has 0 aliphatic heterocycles. The summed E-state index contributed by atoms with van der Waals surface area (Å²) in [5.41, 5.74) is 1.79. The Hall–Kier alpha value is -2.36. The van der Waals surface area contributed by atoms with Crippen LogP contribution in [0.3, 0.4) is 0 Å². The number of carbonyl (C=O) groups excluding carboxylic acids is 1. The number of halogens is 1. The standard InChI is InChI=1S/C22H28FNO2/c1-2-3-4-8-14-24(15-13-18-9-6-5-7-10-18)22(26)17-19-11-12-21(25)20(23)16-19/h5-7,9-12,16,25H,2-4,8,13-15,17H2,1H3. The number of aromatic hydroxyl groups is 1. The van der Waals surface area contributed by atoms with Crippen molar-refractivity contribution in [1.82, 2.24) is 4.90 Å². The number of nitrogens with zero attached hydrogens (tertiary/aromatic N) is 1. The highest BCUT2D eigenvalue weighted by Gasteiger charge is 2.15. The normalized spacial score (nSPS) is 10.7. The number of carbonyl (C=O) groups is 1. The molecule has 0 heterocycles. The number of phenolic OH excluding ortho intramolecular Hbond substituents is 1. The minimum absolute atomic E-state index is 0.00233. The van der Waals surface area contributed by atoms with Crippen molar-refractivity contribution in [3.05, 3.63) is 65.5 Å². The van der Waals surface area contributed by atoms with Crippen molar-refractivity contribution < 1.29 is 14.3 Å². The lowest BCUT2D eigenvalue weighted by Crippen LogP contribution is -2.35. The van der Waals surface area contributed by atoms with E-state index in [9.17, 15) is 14.3 Å². The Morgan fingerprint density at radius 1 is 1.00 bits per heavy atom. The predicted molar refractivity (Wildman–Crippen MR) is 103 cm³/mol. The van der Waals surface area contributed by atoms with Crippen molar-refractivity contribution in [3.8, 4) is 5.75 Å². The highest BCUT2D eigenvalue weighted by Crippen LogP contribution is 2.17. The second-order valence-electron chi connectivity index (χ2n) is 6.64. The average Bonchev–Trinajstić information content (AvgIpc) is 2.65. The summed E-state index contributed by atoms with van der Waals surface area (Å²) in [6.45, 7) is 3.56. The molecule has 0 saturated heterocycles. The Balaban J connectivity index is 1.97. The van der Waals surface area contributed by atoms with Crippen molar-refractivity contribution in [2.24, 2.45) is 0 Å². The number of unbranched alkanes of at least 4 members (excludes halogenated alkanes) is 3. The highest BCUT2D eigenvalue weighted by molar-refractivity contribution is 5.78. The molecule has 2 aromatic rings. The summed E-state index contributed by atoms with van der Waals surface area (Å²) in [5, 5.41) is 9.29. The number of phenols is 1.